The summed E-state index contributed by atoms with van der Waals surface area (Å²) < 4.78 is 5.61. The summed E-state index contributed by atoms with van der Waals surface area (Å²) >= 11 is 0. The fraction of sp³-hybridized carbons (Fsp3) is 0.143. The quantitative estimate of drug-likeness (QED) is 0.835. The van der Waals surface area contributed by atoms with Gasteiger partial charge in [0.2, 0.25) is 0 Å². The Bertz CT molecular complexity index is 602. The number of hydrogen-bond donors (Lipinski definition) is 1. The molecule has 2 rings (SSSR count). The zero-order valence-electron chi connectivity index (χ0n) is 10.1. The highest BCUT2D eigenvalue weighted by Gasteiger charge is 2.04. The van der Waals surface area contributed by atoms with Crippen molar-refractivity contribution in [2.45, 2.75) is 13.5 Å². The molecule has 0 amide bonds. The van der Waals surface area contributed by atoms with Crippen LogP contribution in [-0.2, 0) is 6.61 Å². The predicted molar refractivity (Wildman–Crippen MR) is 68.9 cm³/mol. The van der Waals surface area contributed by atoms with E-state index in [2.05, 4.69) is 11.1 Å². The Morgan fingerprint density at radius 2 is 2.17 bits per heavy atom. The minimum absolute atomic E-state index is 0.382. The molecule has 18 heavy (non-hydrogen) atoms. The Morgan fingerprint density at radius 1 is 1.33 bits per heavy atom. The summed E-state index contributed by atoms with van der Waals surface area (Å²) in [5.74, 6) is 0.535. The number of nitrogens with two attached hydrogens (primary N) is 1. The highest BCUT2D eigenvalue weighted by atomic mass is 16.5. The second-order valence-electron chi connectivity index (χ2n) is 4.03. The van der Waals surface area contributed by atoms with Crippen molar-refractivity contribution in [2.75, 3.05) is 5.73 Å². The van der Waals surface area contributed by atoms with E-state index >= 15 is 0 Å². The molecule has 0 radical (unpaired) electrons. The van der Waals surface area contributed by atoms with Gasteiger partial charge < -0.3 is 10.5 Å². The molecule has 0 fully saturated rings. The SMILES string of the molecule is Cc1cncc(COc2ccc(N)cc2C#N)c1. The zero-order valence-corrected chi connectivity index (χ0v) is 10.1. The molecule has 2 N–H and O–H groups in total. The number of rotatable bonds is 3. The first kappa shape index (κ1) is 11.9. The van der Waals surface area contributed by atoms with Gasteiger partial charge in [-0.05, 0) is 36.8 Å². The van der Waals surface area contributed by atoms with Crippen LogP contribution in [0.1, 0.15) is 16.7 Å². The van der Waals surface area contributed by atoms with Crippen molar-refractivity contribution < 1.29 is 4.74 Å². The second-order valence-corrected chi connectivity index (χ2v) is 4.03. The lowest BCUT2D eigenvalue weighted by Gasteiger charge is -2.08. The van der Waals surface area contributed by atoms with E-state index in [0.29, 0.717) is 23.6 Å². The standard InChI is InChI=1S/C14H13N3O/c1-10-4-11(8-17-7-10)9-18-14-3-2-13(16)5-12(14)6-15/h2-5,7-8H,9,16H2,1H3. The minimum Gasteiger partial charge on any atom is -0.487 e. The lowest BCUT2D eigenvalue weighted by Crippen LogP contribution is -1.99. The van der Waals surface area contributed by atoms with Gasteiger partial charge in [-0.1, -0.05) is 0 Å². The van der Waals surface area contributed by atoms with Crippen LogP contribution in [-0.4, -0.2) is 4.98 Å². The van der Waals surface area contributed by atoms with Gasteiger partial charge in [-0.15, -0.1) is 0 Å². The Balaban J connectivity index is 2.14. The van der Waals surface area contributed by atoms with Crippen molar-refractivity contribution in [3.63, 3.8) is 0 Å². The topological polar surface area (TPSA) is 71.9 Å². The number of nitrogens with zero attached hydrogens (tertiary/aromatic N) is 2. The summed E-state index contributed by atoms with van der Waals surface area (Å²) in [5.41, 5.74) is 8.65. The van der Waals surface area contributed by atoms with Crippen LogP contribution in [0.2, 0.25) is 0 Å². The fourth-order valence-electron chi connectivity index (χ4n) is 1.62. The van der Waals surface area contributed by atoms with Gasteiger partial charge in [-0.25, -0.2) is 0 Å². The molecular weight excluding hydrogens is 226 g/mol. The molecule has 0 spiro atoms. The van der Waals surface area contributed by atoms with E-state index in [1.165, 1.54) is 0 Å². The normalized spacial score (nSPS) is 9.78. The fourth-order valence-corrected chi connectivity index (χ4v) is 1.62. The van der Waals surface area contributed by atoms with E-state index in [1.807, 2.05) is 13.0 Å². The van der Waals surface area contributed by atoms with Crippen LogP contribution in [0.25, 0.3) is 0 Å². The first-order chi connectivity index (χ1) is 8.69. The summed E-state index contributed by atoms with van der Waals surface area (Å²) in [6.45, 7) is 2.35. The van der Waals surface area contributed by atoms with Crippen LogP contribution in [0.3, 0.4) is 0 Å². The van der Waals surface area contributed by atoms with Crippen LogP contribution < -0.4 is 10.5 Å². The molecular formula is C14H13N3O. The molecule has 1 aromatic carbocycles. The lowest BCUT2D eigenvalue weighted by atomic mass is 10.2. The smallest absolute Gasteiger partial charge is 0.137 e. The van der Waals surface area contributed by atoms with Crippen molar-refractivity contribution in [1.29, 1.82) is 5.26 Å². The van der Waals surface area contributed by atoms with Crippen molar-refractivity contribution in [3.05, 3.63) is 53.3 Å². The molecule has 4 heteroatoms. The van der Waals surface area contributed by atoms with Crippen LogP contribution in [0.4, 0.5) is 5.69 Å². The van der Waals surface area contributed by atoms with E-state index in [9.17, 15) is 0 Å². The Hall–Kier alpha value is -2.54. The molecule has 4 nitrogen and oxygen atoms in total. The molecule has 0 unspecified atom stereocenters. The number of anilines is 1. The maximum atomic E-state index is 8.99. The van der Waals surface area contributed by atoms with Crippen LogP contribution in [0.15, 0.2) is 36.7 Å². The van der Waals surface area contributed by atoms with Gasteiger partial charge in [0, 0.05) is 23.6 Å². The van der Waals surface area contributed by atoms with Crippen LogP contribution >= 0.6 is 0 Å². The van der Waals surface area contributed by atoms with Gasteiger partial charge in [-0.3, -0.25) is 4.98 Å². The number of aromatic nitrogens is 1. The highest BCUT2D eigenvalue weighted by molar-refractivity contribution is 5.53. The van der Waals surface area contributed by atoms with Gasteiger partial charge in [0.25, 0.3) is 0 Å². The van der Waals surface area contributed by atoms with Gasteiger partial charge in [0.05, 0.1) is 5.56 Å². The van der Waals surface area contributed by atoms with Gasteiger partial charge in [-0.2, -0.15) is 5.26 Å². The largest absolute Gasteiger partial charge is 0.487 e. The average Bonchev–Trinajstić information content (AvgIpc) is 2.37. The number of pyridine rings is 1. The van der Waals surface area contributed by atoms with Gasteiger partial charge >= 0.3 is 0 Å². The molecule has 0 aliphatic rings. The molecule has 0 aliphatic heterocycles. The molecule has 0 atom stereocenters. The van der Waals surface area contributed by atoms with E-state index in [4.69, 9.17) is 15.7 Å². The number of ether oxygens (including phenoxy) is 1. The van der Waals surface area contributed by atoms with Crippen molar-refractivity contribution >= 4 is 5.69 Å². The maximum absolute atomic E-state index is 8.99. The zero-order chi connectivity index (χ0) is 13.0. The third-order valence-electron chi connectivity index (χ3n) is 2.45. The number of benzene rings is 1. The predicted octanol–water partition coefficient (Wildman–Crippen LogP) is 2.42. The van der Waals surface area contributed by atoms with E-state index in [1.54, 1.807) is 30.6 Å². The number of nitriles is 1. The first-order valence-electron chi connectivity index (χ1n) is 5.52. The second kappa shape index (κ2) is 5.19. The lowest BCUT2D eigenvalue weighted by molar-refractivity contribution is 0.305. The third kappa shape index (κ3) is 2.77. The Morgan fingerprint density at radius 3 is 2.89 bits per heavy atom. The molecule has 0 saturated heterocycles. The molecule has 0 saturated carbocycles. The maximum Gasteiger partial charge on any atom is 0.137 e. The number of nitrogen functional groups attached to an aromatic ring is 1. The molecule has 90 valence electrons. The van der Waals surface area contributed by atoms with Gasteiger partial charge in [0.15, 0.2) is 0 Å². The number of hydrogen-bond acceptors (Lipinski definition) is 4. The van der Waals surface area contributed by atoms with E-state index in [0.717, 1.165) is 11.1 Å². The average molecular weight is 239 g/mol. The molecule has 2 aromatic rings. The number of aryl methyl sites for hydroxylation is 1. The summed E-state index contributed by atoms with van der Waals surface area (Å²) in [6, 6.07) is 9.08. The summed E-state index contributed by atoms with van der Waals surface area (Å²) in [4.78, 5) is 4.09. The third-order valence-corrected chi connectivity index (χ3v) is 2.45. The monoisotopic (exact) mass is 239 g/mol. The van der Waals surface area contributed by atoms with E-state index < -0.39 is 0 Å². The van der Waals surface area contributed by atoms with E-state index in [-0.39, 0.29) is 0 Å². The molecule has 1 heterocycles. The summed E-state index contributed by atoms with van der Waals surface area (Å²) in [5, 5.41) is 8.99. The first-order valence-corrected chi connectivity index (χ1v) is 5.52. The molecule has 1 aromatic heterocycles. The van der Waals surface area contributed by atoms with Gasteiger partial charge in [0.1, 0.15) is 18.4 Å². The van der Waals surface area contributed by atoms with Crippen molar-refractivity contribution in [2.24, 2.45) is 0 Å². The molecule has 0 bridgehead atoms. The Kier molecular flexibility index (Phi) is 3.44. The Labute approximate surface area is 106 Å². The van der Waals surface area contributed by atoms with Crippen LogP contribution in [0, 0.1) is 18.3 Å². The molecule has 0 aliphatic carbocycles. The highest BCUT2D eigenvalue weighted by Crippen LogP contribution is 2.21. The summed E-state index contributed by atoms with van der Waals surface area (Å²) in [7, 11) is 0. The van der Waals surface area contributed by atoms with Crippen molar-refractivity contribution in [3.8, 4) is 11.8 Å². The van der Waals surface area contributed by atoms with Crippen molar-refractivity contribution in [1.82, 2.24) is 4.98 Å². The summed E-state index contributed by atoms with van der Waals surface area (Å²) in [6.07, 6.45) is 3.53. The van der Waals surface area contributed by atoms with Crippen LogP contribution in [0.5, 0.6) is 5.75 Å². The minimum atomic E-state index is 0.382.